The molecule has 3 aromatic carbocycles. The van der Waals surface area contributed by atoms with E-state index in [1.807, 2.05) is 68.4 Å². The van der Waals surface area contributed by atoms with Crippen molar-refractivity contribution in [3.63, 3.8) is 0 Å². The average molecular weight is 651 g/mol. The number of rotatable bonds is 13. The number of nitrogens with zero attached hydrogens (tertiary/aromatic N) is 2. The van der Waals surface area contributed by atoms with Gasteiger partial charge in [-0.05, 0) is 55.7 Å². The van der Waals surface area contributed by atoms with Crippen LogP contribution in [0, 0.1) is 11.6 Å². The third-order valence-corrected chi connectivity index (χ3v) is 8.03. The van der Waals surface area contributed by atoms with Crippen LogP contribution < -0.4 is 9.62 Å². The van der Waals surface area contributed by atoms with Crippen LogP contribution in [0.15, 0.2) is 77.3 Å². The third kappa shape index (κ3) is 9.64. The number of hydrogen-bond donors (Lipinski definition) is 1. The Morgan fingerprint density at radius 2 is 1.59 bits per heavy atom. The van der Waals surface area contributed by atoms with Crippen LogP contribution in [-0.2, 0) is 32.6 Å². The zero-order chi connectivity index (χ0) is 30.2. The number of amides is 2. The Labute approximate surface area is 248 Å². The minimum absolute atomic E-state index is 0.0381. The van der Waals surface area contributed by atoms with Crippen molar-refractivity contribution >= 4 is 43.5 Å². The molecule has 0 aromatic heterocycles. The normalized spacial score (nSPS) is 12.2. The Hall–Kier alpha value is -3.31. The van der Waals surface area contributed by atoms with Gasteiger partial charge < -0.3 is 10.2 Å². The molecular formula is C30H34BrF2N3O4S. The molecule has 0 saturated heterocycles. The van der Waals surface area contributed by atoms with Crippen LogP contribution in [0.25, 0.3) is 0 Å². The molecule has 2 amide bonds. The molecule has 7 nitrogen and oxygen atoms in total. The van der Waals surface area contributed by atoms with Gasteiger partial charge in [-0.2, -0.15) is 0 Å². The van der Waals surface area contributed by atoms with Gasteiger partial charge in [-0.15, -0.1) is 0 Å². The lowest BCUT2D eigenvalue weighted by molar-refractivity contribution is -0.141. The van der Waals surface area contributed by atoms with Gasteiger partial charge in [0.1, 0.15) is 6.04 Å². The average Bonchev–Trinajstić information content (AvgIpc) is 2.90. The molecule has 0 radical (unpaired) electrons. The van der Waals surface area contributed by atoms with Crippen molar-refractivity contribution in [2.45, 2.75) is 51.7 Å². The molecule has 0 bridgehead atoms. The summed E-state index contributed by atoms with van der Waals surface area (Å²) in [6.07, 6.45) is 1.26. The summed E-state index contributed by atoms with van der Waals surface area (Å²) in [5, 5.41) is 2.92. The number of hydrogen-bond acceptors (Lipinski definition) is 4. The molecule has 0 heterocycles. The molecule has 0 aliphatic heterocycles. The highest BCUT2D eigenvalue weighted by Crippen LogP contribution is 2.22. The summed E-state index contributed by atoms with van der Waals surface area (Å²) in [5.74, 6) is -2.90. The van der Waals surface area contributed by atoms with Gasteiger partial charge in [-0.1, -0.05) is 58.4 Å². The second kappa shape index (κ2) is 14.5. The number of sulfonamides is 1. The molecule has 1 N–H and O–H groups in total. The van der Waals surface area contributed by atoms with Crippen molar-refractivity contribution in [3.05, 3.63) is 100 Å². The zero-order valence-corrected chi connectivity index (χ0v) is 25.6. The van der Waals surface area contributed by atoms with E-state index in [4.69, 9.17) is 0 Å². The molecule has 220 valence electrons. The van der Waals surface area contributed by atoms with Crippen molar-refractivity contribution in [1.82, 2.24) is 10.2 Å². The molecule has 0 aliphatic rings. The summed E-state index contributed by atoms with van der Waals surface area (Å²) in [5.41, 5.74) is 1.66. The van der Waals surface area contributed by atoms with Crippen molar-refractivity contribution in [3.8, 4) is 0 Å². The Kier molecular flexibility index (Phi) is 11.4. The maximum Gasteiger partial charge on any atom is 0.243 e. The Morgan fingerprint density at radius 3 is 2.17 bits per heavy atom. The lowest BCUT2D eigenvalue weighted by Gasteiger charge is -2.32. The second-order valence-electron chi connectivity index (χ2n) is 10.1. The minimum Gasteiger partial charge on any atom is -0.352 e. The van der Waals surface area contributed by atoms with Crippen LogP contribution in [0.4, 0.5) is 14.5 Å². The smallest absolute Gasteiger partial charge is 0.243 e. The van der Waals surface area contributed by atoms with Crippen LogP contribution in [0.1, 0.15) is 37.8 Å². The van der Waals surface area contributed by atoms with E-state index in [1.54, 1.807) is 0 Å². The maximum atomic E-state index is 13.9. The van der Waals surface area contributed by atoms with Crippen molar-refractivity contribution in [1.29, 1.82) is 0 Å². The van der Waals surface area contributed by atoms with E-state index >= 15 is 0 Å². The summed E-state index contributed by atoms with van der Waals surface area (Å²) < 4.78 is 54.1. The summed E-state index contributed by atoms with van der Waals surface area (Å²) in [6.45, 7) is 3.71. The van der Waals surface area contributed by atoms with Crippen molar-refractivity contribution in [2.24, 2.45) is 0 Å². The largest absolute Gasteiger partial charge is 0.352 e. The SMILES string of the molecule is CC(C)NC(=O)[C@H](Cc1ccccc1)N(Cc1ccc(Br)cc1)C(=O)CCCN(c1ccc(F)c(F)c1)S(C)(=O)=O. The third-order valence-electron chi connectivity index (χ3n) is 6.31. The Bertz CT molecular complexity index is 1440. The molecule has 41 heavy (non-hydrogen) atoms. The van der Waals surface area contributed by atoms with Crippen LogP contribution in [0.5, 0.6) is 0 Å². The Morgan fingerprint density at radius 1 is 0.927 bits per heavy atom. The summed E-state index contributed by atoms with van der Waals surface area (Å²) in [4.78, 5) is 28.7. The van der Waals surface area contributed by atoms with Gasteiger partial charge >= 0.3 is 0 Å². The van der Waals surface area contributed by atoms with Gasteiger partial charge in [-0.3, -0.25) is 13.9 Å². The standard InChI is InChI=1S/C30H34BrF2N3O4S/c1-21(2)34-30(38)28(18-22-8-5-4-6-9-22)35(20-23-11-13-24(31)14-12-23)29(37)10-7-17-36(41(3,39)40)25-15-16-26(32)27(33)19-25/h4-6,8-9,11-16,19,21,28H,7,10,17-18,20H2,1-3H3,(H,34,38)/t28-/m0/s1. The second-order valence-corrected chi connectivity index (χ2v) is 12.9. The molecular weight excluding hydrogens is 616 g/mol. The number of benzene rings is 3. The van der Waals surface area contributed by atoms with E-state index < -0.39 is 27.7 Å². The number of anilines is 1. The van der Waals surface area contributed by atoms with Crippen LogP contribution in [-0.4, -0.2) is 50.0 Å². The minimum atomic E-state index is -3.85. The first-order valence-electron chi connectivity index (χ1n) is 13.2. The fourth-order valence-electron chi connectivity index (χ4n) is 4.37. The van der Waals surface area contributed by atoms with Crippen LogP contribution >= 0.6 is 15.9 Å². The number of halogens is 3. The topological polar surface area (TPSA) is 86.8 Å². The molecule has 3 aromatic rings. The first kappa shape index (κ1) is 32.2. The fourth-order valence-corrected chi connectivity index (χ4v) is 5.59. The molecule has 0 saturated carbocycles. The molecule has 0 spiro atoms. The number of carbonyl (C=O) groups excluding carboxylic acids is 2. The van der Waals surface area contributed by atoms with Crippen molar-refractivity contribution < 1.29 is 26.8 Å². The predicted molar refractivity (Wildman–Crippen MR) is 160 cm³/mol. The first-order chi connectivity index (χ1) is 19.3. The Balaban J connectivity index is 1.88. The fraction of sp³-hybridized carbons (Fsp3) is 0.333. The highest BCUT2D eigenvalue weighted by molar-refractivity contribution is 9.10. The van der Waals surface area contributed by atoms with Crippen LogP contribution in [0.2, 0.25) is 0 Å². The van der Waals surface area contributed by atoms with E-state index in [0.717, 1.165) is 38.3 Å². The number of carbonyl (C=O) groups is 2. The van der Waals surface area contributed by atoms with E-state index in [1.165, 1.54) is 11.0 Å². The highest BCUT2D eigenvalue weighted by Gasteiger charge is 2.31. The van der Waals surface area contributed by atoms with Gasteiger partial charge in [0, 0.05) is 42.5 Å². The summed E-state index contributed by atoms with van der Waals surface area (Å²) >= 11 is 3.41. The first-order valence-corrected chi connectivity index (χ1v) is 15.8. The number of nitrogens with one attached hydrogen (secondary N) is 1. The van der Waals surface area contributed by atoms with Gasteiger partial charge in [0.2, 0.25) is 21.8 Å². The van der Waals surface area contributed by atoms with Gasteiger partial charge in [-0.25, -0.2) is 17.2 Å². The zero-order valence-electron chi connectivity index (χ0n) is 23.2. The predicted octanol–water partition coefficient (Wildman–Crippen LogP) is 5.44. The molecule has 1 atom stereocenters. The van der Waals surface area contributed by atoms with E-state index in [9.17, 15) is 26.8 Å². The van der Waals surface area contributed by atoms with Gasteiger partial charge in [0.05, 0.1) is 11.9 Å². The molecule has 0 aliphatic carbocycles. The summed E-state index contributed by atoms with van der Waals surface area (Å²) in [7, 11) is -3.85. The summed E-state index contributed by atoms with van der Waals surface area (Å²) in [6, 6.07) is 18.7. The monoisotopic (exact) mass is 649 g/mol. The quantitative estimate of drug-likeness (QED) is 0.267. The van der Waals surface area contributed by atoms with E-state index in [-0.39, 0.29) is 55.9 Å². The highest BCUT2D eigenvalue weighted by atomic mass is 79.9. The van der Waals surface area contributed by atoms with Crippen LogP contribution in [0.3, 0.4) is 0 Å². The van der Waals surface area contributed by atoms with Gasteiger partial charge in [0.25, 0.3) is 0 Å². The van der Waals surface area contributed by atoms with Gasteiger partial charge in [0.15, 0.2) is 11.6 Å². The molecule has 0 unspecified atom stereocenters. The molecule has 3 rings (SSSR count). The lowest BCUT2D eigenvalue weighted by Crippen LogP contribution is -2.51. The maximum absolute atomic E-state index is 13.9. The molecule has 0 fully saturated rings. The van der Waals surface area contributed by atoms with E-state index in [0.29, 0.717) is 0 Å². The lowest BCUT2D eigenvalue weighted by atomic mass is 10.0. The van der Waals surface area contributed by atoms with Crippen molar-refractivity contribution in [2.75, 3.05) is 17.1 Å². The van der Waals surface area contributed by atoms with E-state index in [2.05, 4.69) is 21.2 Å². The molecule has 11 heteroatoms.